The molecule has 0 spiro atoms. The lowest BCUT2D eigenvalue weighted by Crippen LogP contribution is -2.15. The molecule has 1 unspecified atom stereocenters. The Morgan fingerprint density at radius 3 is 2.52 bits per heavy atom. The molecule has 0 amide bonds. The molecule has 0 aliphatic heterocycles. The fourth-order valence-corrected chi connectivity index (χ4v) is 2.27. The van der Waals surface area contributed by atoms with E-state index in [4.69, 9.17) is 0 Å². The molecule has 3 heteroatoms. The van der Waals surface area contributed by atoms with Gasteiger partial charge in [-0.1, -0.05) is 48.9 Å². The van der Waals surface area contributed by atoms with Crippen molar-refractivity contribution >= 4 is 5.82 Å². The van der Waals surface area contributed by atoms with Crippen molar-refractivity contribution in [2.45, 2.75) is 33.2 Å². The van der Waals surface area contributed by atoms with E-state index >= 15 is 0 Å². The molecular weight excluding hydrogens is 260 g/mol. The van der Waals surface area contributed by atoms with Crippen LogP contribution in [-0.4, -0.2) is 4.98 Å². The highest BCUT2D eigenvalue weighted by atomic mass is 16.1. The summed E-state index contributed by atoms with van der Waals surface area (Å²) in [5.74, 6) is 0.730. The third-order valence-corrected chi connectivity index (χ3v) is 3.48. The number of H-pyrrole nitrogens is 1. The lowest BCUT2D eigenvalue weighted by molar-refractivity contribution is 0.894. The number of pyridine rings is 1. The topological polar surface area (TPSA) is 44.9 Å². The first-order chi connectivity index (χ1) is 9.99. The van der Waals surface area contributed by atoms with Gasteiger partial charge in [0.15, 0.2) is 5.43 Å². The minimum absolute atomic E-state index is 0.0115. The van der Waals surface area contributed by atoms with Crippen LogP contribution < -0.4 is 10.7 Å². The van der Waals surface area contributed by atoms with Gasteiger partial charge >= 0.3 is 0 Å². The van der Waals surface area contributed by atoms with E-state index < -0.39 is 0 Å². The highest BCUT2D eigenvalue weighted by molar-refractivity contribution is 5.43. The van der Waals surface area contributed by atoms with Gasteiger partial charge in [-0.2, -0.15) is 0 Å². The van der Waals surface area contributed by atoms with Crippen LogP contribution in [0.25, 0.3) is 0 Å². The number of anilines is 1. The SMILES string of the molecule is C=C(C)C(Nc1cc(=O)cc(CC)[nH]1)c1ccc(C)cc1. The molecule has 2 N–H and O–H groups in total. The monoisotopic (exact) mass is 282 g/mol. The van der Waals surface area contributed by atoms with Crippen molar-refractivity contribution in [1.29, 1.82) is 0 Å². The second-order valence-electron chi connectivity index (χ2n) is 5.44. The number of hydrogen-bond donors (Lipinski definition) is 2. The van der Waals surface area contributed by atoms with Crippen LogP contribution in [-0.2, 0) is 6.42 Å². The van der Waals surface area contributed by atoms with Crippen LogP contribution in [0.3, 0.4) is 0 Å². The van der Waals surface area contributed by atoms with Gasteiger partial charge in [0, 0.05) is 17.8 Å². The van der Waals surface area contributed by atoms with E-state index in [9.17, 15) is 4.79 Å². The van der Waals surface area contributed by atoms with Gasteiger partial charge in [-0.3, -0.25) is 4.79 Å². The minimum Gasteiger partial charge on any atom is -0.361 e. The predicted octanol–water partition coefficient (Wildman–Crippen LogP) is 3.98. The first-order valence-corrected chi connectivity index (χ1v) is 7.21. The van der Waals surface area contributed by atoms with Gasteiger partial charge < -0.3 is 10.3 Å². The number of nitrogens with one attached hydrogen (secondary N) is 2. The van der Waals surface area contributed by atoms with Crippen molar-refractivity contribution in [1.82, 2.24) is 4.98 Å². The molecule has 21 heavy (non-hydrogen) atoms. The van der Waals surface area contributed by atoms with E-state index in [1.807, 2.05) is 13.8 Å². The molecule has 1 aromatic carbocycles. The van der Waals surface area contributed by atoms with Gasteiger partial charge in [-0.15, -0.1) is 0 Å². The normalized spacial score (nSPS) is 12.0. The zero-order chi connectivity index (χ0) is 15.4. The van der Waals surface area contributed by atoms with Crippen LogP contribution in [0.4, 0.5) is 5.82 Å². The van der Waals surface area contributed by atoms with Crippen LogP contribution in [0.5, 0.6) is 0 Å². The maximum Gasteiger partial charge on any atom is 0.183 e. The number of benzene rings is 1. The van der Waals surface area contributed by atoms with Crippen LogP contribution in [0.2, 0.25) is 0 Å². The van der Waals surface area contributed by atoms with Crippen molar-refractivity contribution in [2.75, 3.05) is 5.32 Å². The van der Waals surface area contributed by atoms with E-state index in [0.29, 0.717) is 0 Å². The molecule has 1 aromatic heterocycles. The minimum atomic E-state index is -0.0200. The molecule has 0 saturated heterocycles. The quantitative estimate of drug-likeness (QED) is 0.815. The largest absolute Gasteiger partial charge is 0.361 e. The third-order valence-electron chi connectivity index (χ3n) is 3.48. The van der Waals surface area contributed by atoms with Crippen LogP contribution in [0.1, 0.15) is 36.7 Å². The maximum atomic E-state index is 11.7. The average molecular weight is 282 g/mol. The number of aryl methyl sites for hydroxylation is 2. The Balaban J connectivity index is 2.32. The van der Waals surface area contributed by atoms with E-state index in [1.165, 1.54) is 5.56 Å². The van der Waals surface area contributed by atoms with Gasteiger partial charge in [-0.25, -0.2) is 0 Å². The molecule has 2 aromatic rings. The molecule has 3 nitrogen and oxygen atoms in total. The van der Waals surface area contributed by atoms with Gasteiger partial charge in [0.2, 0.25) is 0 Å². The Bertz CT molecular complexity index is 683. The summed E-state index contributed by atoms with van der Waals surface area (Å²) >= 11 is 0. The van der Waals surface area contributed by atoms with Crippen LogP contribution in [0, 0.1) is 6.92 Å². The van der Waals surface area contributed by atoms with Crippen LogP contribution >= 0.6 is 0 Å². The van der Waals surface area contributed by atoms with Gasteiger partial charge in [0.05, 0.1) is 6.04 Å². The summed E-state index contributed by atoms with van der Waals surface area (Å²) in [6, 6.07) is 11.5. The molecule has 0 saturated carbocycles. The Kier molecular flexibility index (Phi) is 4.63. The van der Waals surface area contributed by atoms with E-state index in [0.717, 1.165) is 29.1 Å². The molecule has 0 fully saturated rings. The van der Waals surface area contributed by atoms with E-state index in [1.54, 1.807) is 12.1 Å². The highest BCUT2D eigenvalue weighted by Crippen LogP contribution is 2.24. The molecular formula is C18H22N2O. The molecule has 0 radical (unpaired) electrons. The summed E-state index contributed by atoms with van der Waals surface area (Å²) in [5, 5.41) is 3.37. The molecule has 2 rings (SSSR count). The third kappa shape index (κ3) is 3.85. The van der Waals surface area contributed by atoms with Gasteiger partial charge in [0.25, 0.3) is 0 Å². The Morgan fingerprint density at radius 2 is 1.95 bits per heavy atom. The lowest BCUT2D eigenvalue weighted by atomic mass is 10.00. The molecule has 0 bridgehead atoms. The lowest BCUT2D eigenvalue weighted by Gasteiger charge is -2.21. The maximum absolute atomic E-state index is 11.7. The smallest absolute Gasteiger partial charge is 0.183 e. The fourth-order valence-electron chi connectivity index (χ4n) is 2.27. The predicted molar refractivity (Wildman–Crippen MR) is 88.8 cm³/mol. The molecule has 110 valence electrons. The van der Waals surface area contributed by atoms with Crippen LogP contribution in [0.15, 0.2) is 53.3 Å². The van der Waals surface area contributed by atoms with Crippen molar-refractivity contribution in [3.63, 3.8) is 0 Å². The average Bonchev–Trinajstić information content (AvgIpc) is 2.45. The number of rotatable bonds is 5. The second kappa shape index (κ2) is 6.44. The second-order valence-corrected chi connectivity index (χ2v) is 5.44. The first-order valence-electron chi connectivity index (χ1n) is 7.21. The highest BCUT2D eigenvalue weighted by Gasteiger charge is 2.12. The summed E-state index contributed by atoms with van der Waals surface area (Å²) in [7, 11) is 0. The van der Waals surface area contributed by atoms with Crippen molar-refractivity contribution in [3.8, 4) is 0 Å². The number of hydrogen-bond acceptors (Lipinski definition) is 2. The number of aromatic amines is 1. The Labute approximate surface area is 125 Å². The van der Waals surface area contributed by atoms with Gasteiger partial charge in [0.1, 0.15) is 5.82 Å². The summed E-state index contributed by atoms with van der Waals surface area (Å²) < 4.78 is 0. The van der Waals surface area contributed by atoms with Crippen molar-refractivity contribution in [2.24, 2.45) is 0 Å². The Hall–Kier alpha value is -2.29. The summed E-state index contributed by atoms with van der Waals surface area (Å²) in [4.78, 5) is 15.0. The summed E-state index contributed by atoms with van der Waals surface area (Å²) in [6.45, 7) is 10.1. The summed E-state index contributed by atoms with van der Waals surface area (Å²) in [6.07, 6.45) is 0.799. The van der Waals surface area contributed by atoms with Gasteiger partial charge in [-0.05, 0) is 25.8 Å². The molecule has 0 aliphatic rings. The van der Waals surface area contributed by atoms with Crippen molar-refractivity contribution < 1.29 is 0 Å². The number of aromatic nitrogens is 1. The summed E-state index contributed by atoms with van der Waals surface area (Å²) in [5.41, 5.74) is 4.30. The standard InChI is InChI=1S/C18H22N2O/c1-5-15-10-16(21)11-17(19-15)20-18(12(2)3)14-8-6-13(4)7-9-14/h6-11,18H,2,5H2,1,3-4H3,(H2,19,20,21). The van der Waals surface area contributed by atoms with E-state index in [-0.39, 0.29) is 11.5 Å². The zero-order valence-corrected chi connectivity index (χ0v) is 12.9. The van der Waals surface area contributed by atoms with E-state index in [2.05, 4.69) is 48.1 Å². The molecule has 1 atom stereocenters. The zero-order valence-electron chi connectivity index (χ0n) is 12.9. The molecule has 0 aliphatic carbocycles. The first kappa shape index (κ1) is 15.1. The fraction of sp³-hybridized carbons (Fsp3) is 0.278. The molecule has 1 heterocycles. The van der Waals surface area contributed by atoms with Crippen molar-refractivity contribution in [3.05, 3.63) is 75.6 Å². The Morgan fingerprint density at radius 1 is 1.29 bits per heavy atom.